The molecule has 0 saturated heterocycles. The zero-order valence-electron chi connectivity index (χ0n) is 20.1. The molecule has 1 heterocycles. The summed E-state index contributed by atoms with van der Waals surface area (Å²) in [5.41, 5.74) is 5.66. The van der Waals surface area contributed by atoms with Gasteiger partial charge in [-0.15, -0.1) is 0 Å². The van der Waals surface area contributed by atoms with Crippen molar-refractivity contribution in [2.75, 3.05) is 5.32 Å². The summed E-state index contributed by atoms with van der Waals surface area (Å²) in [6.07, 6.45) is 0.453. The normalized spacial score (nSPS) is 18.1. The fourth-order valence-corrected chi connectivity index (χ4v) is 5.36. The standard InChI is InChI=1S/C25H25F3N6O3S/c26-25(27,28)18-7-5-16(6-8-18)14-31-38(36,37)20-11-9-19(10-12-20)32-24-21(23(30)35)15-34(33-24)22-4-2-1-3-17(22)13-29/h5-12,15,17,22,31H,1-4,14H2,(H2,30,35)(H,32,33)/t17-,22+/m1/s1. The minimum Gasteiger partial charge on any atom is -0.365 e. The lowest BCUT2D eigenvalue weighted by Crippen LogP contribution is -2.23. The number of nitrogens with one attached hydrogen (secondary N) is 2. The number of carbonyl (C=O) groups excluding carboxylic acids is 1. The third-order valence-corrected chi connectivity index (χ3v) is 7.82. The number of aromatic nitrogens is 2. The predicted octanol–water partition coefficient (Wildman–Crippen LogP) is 4.48. The lowest BCUT2D eigenvalue weighted by molar-refractivity contribution is -0.137. The van der Waals surface area contributed by atoms with Crippen molar-refractivity contribution in [2.45, 2.75) is 49.3 Å². The fourth-order valence-electron chi connectivity index (χ4n) is 4.34. The zero-order chi connectivity index (χ0) is 27.5. The molecule has 9 nitrogen and oxygen atoms in total. The summed E-state index contributed by atoms with van der Waals surface area (Å²) < 4.78 is 67.4. The van der Waals surface area contributed by atoms with Gasteiger partial charge in [0.15, 0.2) is 5.82 Å². The molecule has 38 heavy (non-hydrogen) atoms. The topological polar surface area (TPSA) is 143 Å². The summed E-state index contributed by atoms with van der Waals surface area (Å²) in [6.45, 7) is -0.190. The van der Waals surface area contributed by atoms with E-state index in [1.54, 1.807) is 4.68 Å². The van der Waals surface area contributed by atoms with E-state index in [-0.39, 0.29) is 34.8 Å². The average molecular weight is 547 g/mol. The van der Waals surface area contributed by atoms with Crippen LogP contribution in [0.25, 0.3) is 0 Å². The van der Waals surface area contributed by atoms with Gasteiger partial charge in [0.25, 0.3) is 5.91 Å². The number of carbonyl (C=O) groups is 1. The van der Waals surface area contributed by atoms with E-state index in [1.165, 1.54) is 42.6 Å². The molecule has 0 radical (unpaired) electrons. The number of primary amides is 1. The van der Waals surface area contributed by atoms with Crippen molar-refractivity contribution in [3.63, 3.8) is 0 Å². The molecule has 1 aromatic heterocycles. The number of sulfonamides is 1. The molecule has 1 aliphatic rings. The molecule has 1 aliphatic carbocycles. The fraction of sp³-hybridized carbons (Fsp3) is 0.320. The van der Waals surface area contributed by atoms with Crippen LogP contribution in [0.1, 0.15) is 53.2 Å². The van der Waals surface area contributed by atoms with E-state index in [4.69, 9.17) is 5.73 Å². The number of anilines is 2. The SMILES string of the molecule is N#C[C@H]1CCCC[C@@H]1n1cc(C(N)=O)c(Nc2ccc(S(=O)(=O)NCc3ccc(C(F)(F)F)cc3)cc2)n1. The Morgan fingerprint density at radius 3 is 2.37 bits per heavy atom. The first-order chi connectivity index (χ1) is 18.0. The van der Waals surface area contributed by atoms with Gasteiger partial charge in [0.1, 0.15) is 5.56 Å². The molecule has 4 N–H and O–H groups in total. The van der Waals surface area contributed by atoms with Gasteiger partial charge in [-0.3, -0.25) is 9.48 Å². The van der Waals surface area contributed by atoms with E-state index in [9.17, 15) is 31.6 Å². The van der Waals surface area contributed by atoms with Crippen LogP contribution in [0.3, 0.4) is 0 Å². The van der Waals surface area contributed by atoms with Gasteiger partial charge in [-0.25, -0.2) is 13.1 Å². The molecule has 200 valence electrons. The Morgan fingerprint density at radius 2 is 1.76 bits per heavy atom. The van der Waals surface area contributed by atoms with Crippen LogP contribution in [0.15, 0.2) is 59.6 Å². The Morgan fingerprint density at radius 1 is 1.11 bits per heavy atom. The van der Waals surface area contributed by atoms with Crippen molar-refractivity contribution in [3.05, 3.63) is 71.4 Å². The minimum absolute atomic E-state index is 0.0605. The second-order valence-electron chi connectivity index (χ2n) is 8.99. The van der Waals surface area contributed by atoms with Gasteiger partial charge in [0, 0.05) is 18.4 Å². The number of rotatable bonds is 8. The summed E-state index contributed by atoms with van der Waals surface area (Å²) in [6, 6.07) is 12.0. The highest BCUT2D eigenvalue weighted by Crippen LogP contribution is 2.34. The van der Waals surface area contributed by atoms with Crippen LogP contribution in [-0.4, -0.2) is 24.1 Å². The van der Waals surface area contributed by atoms with Gasteiger partial charge in [-0.1, -0.05) is 25.0 Å². The highest BCUT2D eigenvalue weighted by Gasteiger charge is 2.30. The van der Waals surface area contributed by atoms with Crippen molar-refractivity contribution >= 4 is 27.4 Å². The third-order valence-electron chi connectivity index (χ3n) is 6.41. The largest absolute Gasteiger partial charge is 0.416 e. The van der Waals surface area contributed by atoms with E-state index in [2.05, 4.69) is 21.2 Å². The quantitative estimate of drug-likeness (QED) is 0.380. The van der Waals surface area contributed by atoms with Gasteiger partial charge >= 0.3 is 6.18 Å². The van der Waals surface area contributed by atoms with Crippen LogP contribution < -0.4 is 15.8 Å². The molecule has 0 spiro atoms. The molecule has 0 aliphatic heterocycles. The van der Waals surface area contributed by atoms with Gasteiger partial charge in [0.05, 0.1) is 28.5 Å². The Kier molecular flexibility index (Phi) is 7.75. The maximum Gasteiger partial charge on any atom is 0.416 e. The van der Waals surface area contributed by atoms with Gasteiger partial charge in [-0.2, -0.15) is 23.5 Å². The van der Waals surface area contributed by atoms with Gasteiger partial charge < -0.3 is 11.1 Å². The number of hydrogen-bond acceptors (Lipinski definition) is 6. The number of nitrogens with zero attached hydrogens (tertiary/aromatic N) is 3. The number of benzene rings is 2. The van der Waals surface area contributed by atoms with E-state index in [0.29, 0.717) is 11.3 Å². The number of alkyl halides is 3. The number of hydrogen-bond donors (Lipinski definition) is 3. The number of nitriles is 1. The molecule has 13 heteroatoms. The van der Waals surface area contributed by atoms with Crippen molar-refractivity contribution in [2.24, 2.45) is 11.7 Å². The first-order valence-electron chi connectivity index (χ1n) is 11.8. The molecule has 0 bridgehead atoms. The number of halogens is 3. The lowest BCUT2D eigenvalue weighted by atomic mass is 9.85. The van der Waals surface area contributed by atoms with Crippen molar-refractivity contribution in [3.8, 4) is 6.07 Å². The molecular formula is C25H25F3N6O3S. The molecule has 4 rings (SSSR count). The molecule has 2 aromatic carbocycles. The van der Waals surface area contributed by atoms with Gasteiger partial charge in [-0.05, 0) is 54.8 Å². The van der Waals surface area contributed by atoms with Crippen LogP contribution in [-0.2, 0) is 22.7 Å². The monoisotopic (exact) mass is 546 g/mol. The van der Waals surface area contributed by atoms with Crippen LogP contribution in [0, 0.1) is 17.2 Å². The van der Waals surface area contributed by atoms with Crippen LogP contribution in [0.2, 0.25) is 0 Å². The number of nitrogens with two attached hydrogens (primary N) is 1. The molecule has 1 amide bonds. The average Bonchev–Trinajstić information content (AvgIpc) is 3.31. The lowest BCUT2D eigenvalue weighted by Gasteiger charge is -2.26. The summed E-state index contributed by atoms with van der Waals surface area (Å²) in [7, 11) is -3.95. The molecule has 0 unspecified atom stereocenters. The van der Waals surface area contributed by atoms with Crippen LogP contribution in [0.4, 0.5) is 24.7 Å². The molecule has 1 saturated carbocycles. The molecule has 2 atom stereocenters. The van der Waals surface area contributed by atoms with Crippen molar-refractivity contribution in [1.29, 1.82) is 5.26 Å². The van der Waals surface area contributed by atoms with E-state index in [0.717, 1.165) is 37.8 Å². The van der Waals surface area contributed by atoms with E-state index < -0.39 is 27.7 Å². The smallest absolute Gasteiger partial charge is 0.365 e. The molecular weight excluding hydrogens is 521 g/mol. The summed E-state index contributed by atoms with van der Waals surface area (Å²) >= 11 is 0. The molecule has 3 aromatic rings. The Balaban J connectivity index is 1.45. The van der Waals surface area contributed by atoms with Crippen molar-refractivity contribution in [1.82, 2.24) is 14.5 Å². The second kappa shape index (κ2) is 10.8. The Bertz CT molecular complexity index is 1450. The molecule has 1 fully saturated rings. The minimum atomic E-state index is -4.47. The Labute approximate surface area is 217 Å². The van der Waals surface area contributed by atoms with Crippen molar-refractivity contribution < 1.29 is 26.4 Å². The highest BCUT2D eigenvalue weighted by molar-refractivity contribution is 7.89. The highest BCUT2D eigenvalue weighted by atomic mass is 32.2. The van der Waals surface area contributed by atoms with Crippen LogP contribution in [0.5, 0.6) is 0 Å². The maximum absolute atomic E-state index is 12.7. The number of amides is 1. The maximum atomic E-state index is 12.7. The predicted molar refractivity (Wildman–Crippen MR) is 133 cm³/mol. The first-order valence-corrected chi connectivity index (χ1v) is 13.3. The van der Waals surface area contributed by atoms with Gasteiger partial charge in [0.2, 0.25) is 10.0 Å². The van der Waals surface area contributed by atoms with Crippen LogP contribution >= 0.6 is 0 Å². The summed E-state index contributed by atoms with van der Waals surface area (Å²) in [5.74, 6) is -0.734. The Hall–Kier alpha value is -3.89. The third kappa shape index (κ3) is 6.15. The van der Waals surface area contributed by atoms with E-state index >= 15 is 0 Å². The summed E-state index contributed by atoms with van der Waals surface area (Å²) in [5, 5.41) is 16.9. The summed E-state index contributed by atoms with van der Waals surface area (Å²) in [4.78, 5) is 12.0. The second-order valence-corrected chi connectivity index (χ2v) is 10.8. The first kappa shape index (κ1) is 27.2. The van der Waals surface area contributed by atoms with E-state index in [1.807, 2.05) is 0 Å². The zero-order valence-corrected chi connectivity index (χ0v) is 20.9.